The number of carboxylic acids is 1. The summed E-state index contributed by atoms with van der Waals surface area (Å²) >= 11 is 0. The maximum atomic E-state index is 12.2. The largest absolute Gasteiger partial charge is 0.478 e. The van der Waals surface area contributed by atoms with Gasteiger partial charge in [0.25, 0.3) is 0 Å². The van der Waals surface area contributed by atoms with Gasteiger partial charge in [0.05, 0.1) is 17.7 Å². The zero-order valence-corrected chi connectivity index (χ0v) is 15.7. The molecule has 3 rings (SSSR count). The number of rotatable bonds is 8. The van der Waals surface area contributed by atoms with Gasteiger partial charge in [-0.3, -0.25) is 4.79 Å². The van der Waals surface area contributed by atoms with Crippen molar-refractivity contribution in [3.8, 4) is 0 Å². The van der Waals surface area contributed by atoms with E-state index in [4.69, 9.17) is 5.11 Å². The number of aliphatic hydroxyl groups excluding tert-OH is 1. The van der Waals surface area contributed by atoms with E-state index in [1.165, 1.54) is 25.7 Å². The van der Waals surface area contributed by atoms with Crippen LogP contribution in [-0.2, 0) is 11.2 Å². The third-order valence-corrected chi connectivity index (χ3v) is 5.82. The SMILES string of the molecule is O=C(O)c1ccc(CCN2C(=O)CC[C@@H]2C=C[C@H](O)CC2CCCC2)cc1. The standard InChI is InChI=1S/C22H29NO4/c24-20(15-17-3-1-2-4-17)11-9-19-10-12-21(25)23(19)14-13-16-5-7-18(8-6-16)22(26)27/h5-9,11,17,19-20,24H,1-4,10,12-15H2,(H,26,27)/t19-,20-/m0/s1. The fraction of sp³-hybridized carbons (Fsp3) is 0.545. The van der Waals surface area contributed by atoms with Gasteiger partial charge in [-0.1, -0.05) is 50.0 Å². The molecule has 1 heterocycles. The van der Waals surface area contributed by atoms with Crippen LogP contribution in [0.1, 0.15) is 60.9 Å². The minimum atomic E-state index is -0.933. The van der Waals surface area contributed by atoms with Crippen molar-refractivity contribution in [3.05, 3.63) is 47.5 Å². The summed E-state index contributed by atoms with van der Waals surface area (Å²) in [6, 6.07) is 6.86. The molecule has 0 aromatic heterocycles. The molecule has 2 N–H and O–H groups in total. The molecule has 5 nitrogen and oxygen atoms in total. The van der Waals surface area contributed by atoms with Crippen molar-refractivity contribution in [2.45, 2.75) is 63.5 Å². The highest BCUT2D eigenvalue weighted by Crippen LogP contribution is 2.29. The van der Waals surface area contributed by atoms with Crippen LogP contribution >= 0.6 is 0 Å². The van der Waals surface area contributed by atoms with E-state index < -0.39 is 12.1 Å². The Bertz CT molecular complexity index is 676. The van der Waals surface area contributed by atoms with E-state index in [-0.39, 0.29) is 17.5 Å². The van der Waals surface area contributed by atoms with Gasteiger partial charge >= 0.3 is 5.97 Å². The van der Waals surface area contributed by atoms with E-state index in [1.807, 2.05) is 17.1 Å². The van der Waals surface area contributed by atoms with Crippen LogP contribution in [0.5, 0.6) is 0 Å². The summed E-state index contributed by atoms with van der Waals surface area (Å²) in [5, 5.41) is 19.2. The predicted octanol–water partition coefficient (Wildman–Crippen LogP) is 3.42. The molecule has 146 valence electrons. The number of carbonyl (C=O) groups is 2. The summed E-state index contributed by atoms with van der Waals surface area (Å²) in [5.41, 5.74) is 1.29. The predicted molar refractivity (Wildman–Crippen MR) is 104 cm³/mol. The van der Waals surface area contributed by atoms with Gasteiger partial charge < -0.3 is 15.1 Å². The molecule has 1 saturated carbocycles. The summed E-state index contributed by atoms with van der Waals surface area (Å²) in [6.07, 6.45) is 11.3. The molecule has 0 unspecified atom stereocenters. The fourth-order valence-electron chi connectivity index (χ4n) is 4.23. The van der Waals surface area contributed by atoms with Crippen LogP contribution in [0.25, 0.3) is 0 Å². The summed E-state index contributed by atoms with van der Waals surface area (Å²) in [6.45, 7) is 0.610. The van der Waals surface area contributed by atoms with Crippen LogP contribution in [0.3, 0.4) is 0 Å². The van der Waals surface area contributed by atoms with Crippen molar-refractivity contribution < 1.29 is 19.8 Å². The average Bonchev–Trinajstić information content (AvgIpc) is 3.28. The van der Waals surface area contributed by atoms with Gasteiger partial charge in [0.2, 0.25) is 5.91 Å². The quantitative estimate of drug-likeness (QED) is 0.687. The van der Waals surface area contributed by atoms with Gasteiger partial charge in [-0.2, -0.15) is 0 Å². The maximum Gasteiger partial charge on any atom is 0.335 e. The van der Waals surface area contributed by atoms with E-state index in [9.17, 15) is 14.7 Å². The molecule has 1 aliphatic heterocycles. The Labute approximate surface area is 160 Å². The molecular formula is C22H29NO4. The Balaban J connectivity index is 1.52. The normalized spacial score (nSPS) is 22.0. The van der Waals surface area contributed by atoms with Crippen LogP contribution in [0.4, 0.5) is 0 Å². The van der Waals surface area contributed by atoms with Crippen LogP contribution in [-0.4, -0.2) is 45.7 Å². The third kappa shape index (κ3) is 5.42. The smallest absolute Gasteiger partial charge is 0.335 e. The van der Waals surface area contributed by atoms with E-state index >= 15 is 0 Å². The first-order chi connectivity index (χ1) is 13.0. The minimum Gasteiger partial charge on any atom is -0.478 e. The topological polar surface area (TPSA) is 77.8 Å². The first-order valence-electron chi connectivity index (χ1n) is 10.0. The Morgan fingerprint density at radius 3 is 2.56 bits per heavy atom. The van der Waals surface area contributed by atoms with Crippen molar-refractivity contribution in [2.24, 2.45) is 5.92 Å². The first kappa shape index (κ1) is 19.6. The van der Waals surface area contributed by atoms with E-state index in [0.29, 0.717) is 25.3 Å². The van der Waals surface area contributed by atoms with E-state index in [2.05, 4.69) is 0 Å². The van der Waals surface area contributed by atoms with E-state index in [0.717, 1.165) is 18.4 Å². The number of hydrogen-bond acceptors (Lipinski definition) is 3. The third-order valence-electron chi connectivity index (χ3n) is 5.82. The molecule has 5 heteroatoms. The summed E-state index contributed by atoms with van der Waals surface area (Å²) in [4.78, 5) is 25.0. The van der Waals surface area contributed by atoms with Crippen molar-refractivity contribution in [3.63, 3.8) is 0 Å². The number of benzene rings is 1. The lowest BCUT2D eigenvalue weighted by Gasteiger charge is -2.23. The summed E-state index contributed by atoms with van der Waals surface area (Å²) in [7, 11) is 0. The molecule has 1 saturated heterocycles. The molecule has 0 spiro atoms. The zero-order valence-electron chi connectivity index (χ0n) is 15.7. The molecule has 27 heavy (non-hydrogen) atoms. The van der Waals surface area contributed by atoms with Crippen LogP contribution in [0, 0.1) is 5.92 Å². The highest BCUT2D eigenvalue weighted by atomic mass is 16.4. The van der Waals surface area contributed by atoms with Gasteiger partial charge in [-0.25, -0.2) is 4.79 Å². The van der Waals surface area contributed by atoms with Crippen LogP contribution in [0.15, 0.2) is 36.4 Å². The number of nitrogens with zero attached hydrogens (tertiary/aromatic N) is 1. The van der Waals surface area contributed by atoms with Crippen molar-refractivity contribution in [1.82, 2.24) is 4.90 Å². The van der Waals surface area contributed by atoms with Gasteiger partial charge in [-0.15, -0.1) is 0 Å². The van der Waals surface area contributed by atoms with Crippen molar-refractivity contribution in [1.29, 1.82) is 0 Å². The Hall–Kier alpha value is -2.14. The molecule has 0 radical (unpaired) electrons. The van der Waals surface area contributed by atoms with Crippen molar-refractivity contribution >= 4 is 11.9 Å². The molecule has 0 bridgehead atoms. The minimum absolute atomic E-state index is 0.0500. The van der Waals surface area contributed by atoms with Gasteiger partial charge in [0.1, 0.15) is 0 Å². The Kier molecular flexibility index (Phi) is 6.67. The molecular weight excluding hydrogens is 342 g/mol. The second-order valence-corrected chi connectivity index (χ2v) is 7.78. The molecule has 1 aromatic carbocycles. The zero-order chi connectivity index (χ0) is 19.2. The van der Waals surface area contributed by atoms with Gasteiger partial charge in [0.15, 0.2) is 0 Å². The molecule has 2 atom stereocenters. The van der Waals surface area contributed by atoms with Crippen LogP contribution in [0.2, 0.25) is 0 Å². The number of aliphatic hydroxyl groups is 1. The summed E-state index contributed by atoms with van der Waals surface area (Å²) in [5.74, 6) is -0.144. The lowest BCUT2D eigenvalue weighted by atomic mass is 9.99. The van der Waals surface area contributed by atoms with Gasteiger partial charge in [0, 0.05) is 13.0 Å². The number of aromatic carboxylic acids is 1. The second-order valence-electron chi connectivity index (χ2n) is 7.78. The number of carboxylic acid groups (broad SMARTS) is 1. The average molecular weight is 371 g/mol. The molecule has 1 aromatic rings. The van der Waals surface area contributed by atoms with E-state index in [1.54, 1.807) is 24.3 Å². The number of hydrogen-bond donors (Lipinski definition) is 2. The monoisotopic (exact) mass is 371 g/mol. The number of likely N-dealkylation sites (tertiary alicyclic amines) is 1. The van der Waals surface area contributed by atoms with Crippen LogP contribution < -0.4 is 0 Å². The lowest BCUT2D eigenvalue weighted by molar-refractivity contribution is -0.128. The highest BCUT2D eigenvalue weighted by molar-refractivity contribution is 5.87. The fourth-order valence-corrected chi connectivity index (χ4v) is 4.23. The van der Waals surface area contributed by atoms with Gasteiger partial charge in [-0.05, 0) is 42.9 Å². The molecule has 2 fully saturated rings. The number of amides is 1. The maximum absolute atomic E-state index is 12.2. The first-order valence-corrected chi connectivity index (χ1v) is 10.0. The second kappa shape index (κ2) is 9.18. The summed E-state index contributed by atoms with van der Waals surface area (Å²) < 4.78 is 0. The Morgan fingerprint density at radius 2 is 1.89 bits per heavy atom. The molecule has 1 aliphatic carbocycles. The number of carbonyl (C=O) groups excluding carboxylic acids is 1. The Morgan fingerprint density at radius 1 is 1.19 bits per heavy atom. The van der Waals surface area contributed by atoms with Crippen molar-refractivity contribution in [2.75, 3.05) is 6.54 Å². The highest BCUT2D eigenvalue weighted by Gasteiger charge is 2.29. The molecule has 2 aliphatic rings. The lowest BCUT2D eigenvalue weighted by Crippen LogP contribution is -2.33. The molecule has 1 amide bonds.